The molecule has 1 unspecified atom stereocenters. The van der Waals surface area contributed by atoms with Gasteiger partial charge in [-0.05, 0) is 41.2 Å². The molecule has 0 radical (unpaired) electrons. The molecule has 1 heteroatoms. The van der Waals surface area contributed by atoms with Crippen molar-refractivity contribution in [1.29, 1.82) is 0 Å². The van der Waals surface area contributed by atoms with Crippen LogP contribution in [0.4, 0.5) is 0 Å². The van der Waals surface area contributed by atoms with Crippen molar-refractivity contribution in [3.63, 3.8) is 0 Å². The van der Waals surface area contributed by atoms with Gasteiger partial charge >= 0.3 is 0 Å². The average Bonchev–Trinajstić information content (AvgIpc) is 2.39. The molecule has 2 aromatic rings. The highest BCUT2D eigenvalue weighted by Gasteiger charge is 2.04. The molecule has 1 aromatic carbocycles. The van der Waals surface area contributed by atoms with Crippen LogP contribution in [0, 0.1) is 0 Å². The third-order valence-electron chi connectivity index (χ3n) is 3.08. The third kappa shape index (κ3) is 2.30. The molecule has 0 fully saturated rings. The largest absolute Gasteiger partial charge is 0.265 e. The van der Waals surface area contributed by atoms with Crippen molar-refractivity contribution < 1.29 is 0 Å². The number of benzene rings is 1. The lowest BCUT2D eigenvalue weighted by Crippen LogP contribution is -1.91. The van der Waals surface area contributed by atoms with Crippen LogP contribution in [0.3, 0.4) is 0 Å². The summed E-state index contributed by atoms with van der Waals surface area (Å²) in [5, 5.41) is 0. The summed E-state index contributed by atoms with van der Waals surface area (Å²) in [5.41, 5.74) is 3.93. The summed E-state index contributed by atoms with van der Waals surface area (Å²) >= 11 is 0. The number of aromatic nitrogens is 1. The van der Waals surface area contributed by atoms with Gasteiger partial charge in [0.2, 0.25) is 0 Å². The molecule has 1 nitrogen and oxygen atoms in total. The van der Waals surface area contributed by atoms with E-state index < -0.39 is 0 Å². The second kappa shape index (κ2) is 4.93. The summed E-state index contributed by atoms with van der Waals surface area (Å²) in [5.74, 6) is 0.627. The first-order valence-electron chi connectivity index (χ1n) is 5.81. The van der Waals surface area contributed by atoms with E-state index in [-0.39, 0.29) is 0 Å². The van der Waals surface area contributed by atoms with E-state index in [0.717, 1.165) is 0 Å². The zero-order valence-corrected chi connectivity index (χ0v) is 9.85. The van der Waals surface area contributed by atoms with Crippen molar-refractivity contribution >= 4 is 0 Å². The van der Waals surface area contributed by atoms with Crippen LogP contribution >= 0.6 is 0 Å². The Hall–Kier alpha value is -1.63. The fourth-order valence-electron chi connectivity index (χ4n) is 1.80. The highest BCUT2D eigenvalue weighted by Crippen LogP contribution is 2.24. The van der Waals surface area contributed by atoms with E-state index in [1.807, 2.05) is 12.4 Å². The summed E-state index contributed by atoms with van der Waals surface area (Å²) in [7, 11) is 0. The van der Waals surface area contributed by atoms with E-state index in [9.17, 15) is 0 Å². The van der Waals surface area contributed by atoms with Gasteiger partial charge in [0.1, 0.15) is 0 Å². The summed E-state index contributed by atoms with van der Waals surface area (Å²) in [6.45, 7) is 4.50. The lowest BCUT2D eigenvalue weighted by molar-refractivity contribution is 0.734. The minimum atomic E-state index is 0.627. The monoisotopic (exact) mass is 211 g/mol. The standard InChI is InChI=1S/C15H17N/c1-3-12(2)14-5-4-6-15(11-14)13-7-9-16-10-8-13/h4-12H,3H2,1-2H3. The second-order valence-corrected chi connectivity index (χ2v) is 4.17. The zero-order chi connectivity index (χ0) is 11.4. The fourth-order valence-corrected chi connectivity index (χ4v) is 1.80. The molecule has 0 aliphatic rings. The van der Waals surface area contributed by atoms with Gasteiger partial charge in [-0.3, -0.25) is 4.98 Å². The number of hydrogen-bond donors (Lipinski definition) is 0. The Morgan fingerprint density at radius 3 is 2.50 bits per heavy atom. The van der Waals surface area contributed by atoms with E-state index in [1.165, 1.54) is 23.1 Å². The van der Waals surface area contributed by atoms with Crippen molar-refractivity contribution in [3.05, 3.63) is 54.4 Å². The first-order chi connectivity index (χ1) is 7.81. The highest BCUT2D eigenvalue weighted by atomic mass is 14.6. The molecule has 0 aliphatic carbocycles. The van der Waals surface area contributed by atoms with Crippen LogP contribution < -0.4 is 0 Å². The average molecular weight is 211 g/mol. The summed E-state index contributed by atoms with van der Waals surface area (Å²) < 4.78 is 0. The fraction of sp³-hybridized carbons (Fsp3) is 0.267. The van der Waals surface area contributed by atoms with Gasteiger partial charge in [0.15, 0.2) is 0 Å². The molecule has 16 heavy (non-hydrogen) atoms. The molecule has 0 bridgehead atoms. The maximum absolute atomic E-state index is 4.04. The summed E-state index contributed by atoms with van der Waals surface area (Å²) in [4.78, 5) is 4.04. The Labute approximate surface area is 97.2 Å². The van der Waals surface area contributed by atoms with E-state index in [0.29, 0.717) is 5.92 Å². The molecule has 0 aliphatic heterocycles. The minimum absolute atomic E-state index is 0.627. The number of nitrogens with zero attached hydrogens (tertiary/aromatic N) is 1. The van der Waals surface area contributed by atoms with Crippen LogP contribution in [0.2, 0.25) is 0 Å². The van der Waals surface area contributed by atoms with Gasteiger partial charge < -0.3 is 0 Å². The van der Waals surface area contributed by atoms with E-state index >= 15 is 0 Å². The van der Waals surface area contributed by atoms with Gasteiger partial charge in [-0.1, -0.05) is 38.1 Å². The molecule has 0 N–H and O–H groups in total. The van der Waals surface area contributed by atoms with Gasteiger partial charge in [-0.2, -0.15) is 0 Å². The normalized spacial score (nSPS) is 12.4. The molecule has 0 spiro atoms. The number of hydrogen-bond acceptors (Lipinski definition) is 1. The summed E-state index contributed by atoms with van der Waals surface area (Å²) in [6, 6.07) is 12.9. The molecule has 82 valence electrons. The lowest BCUT2D eigenvalue weighted by Gasteiger charge is -2.10. The van der Waals surface area contributed by atoms with E-state index in [4.69, 9.17) is 0 Å². The first kappa shape index (κ1) is 10.9. The Balaban J connectivity index is 2.36. The molecule has 0 saturated heterocycles. The Bertz CT molecular complexity index is 448. The second-order valence-electron chi connectivity index (χ2n) is 4.17. The number of rotatable bonds is 3. The van der Waals surface area contributed by atoms with Gasteiger partial charge in [-0.25, -0.2) is 0 Å². The van der Waals surface area contributed by atoms with Gasteiger partial charge in [0, 0.05) is 12.4 Å². The van der Waals surface area contributed by atoms with Crippen molar-refractivity contribution in [2.24, 2.45) is 0 Å². The van der Waals surface area contributed by atoms with Crippen molar-refractivity contribution in [3.8, 4) is 11.1 Å². The van der Waals surface area contributed by atoms with Crippen molar-refractivity contribution in [2.45, 2.75) is 26.2 Å². The van der Waals surface area contributed by atoms with Gasteiger partial charge in [-0.15, -0.1) is 0 Å². The van der Waals surface area contributed by atoms with Crippen molar-refractivity contribution in [1.82, 2.24) is 4.98 Å². The smallest absolute Gasteiger partial charge is 0.0273 e. The first-order valence-corrected chi connectivity index (χ1v) is 5.81. The van der Waals surface area contributed by atoms with Gasteiger partial charge in [0.05, 0.1) is 0 Å². The van der Waals surface area contributed by atoms with Crippen LogP contribution in [0.5, 0.6) is 0 Å². The molecule has 1 atom stereocenters. The van der Waals surface area contributed by atoms with Crippen LogP contribution in [0.15, 0.2) is 48.8 Å². The molecule has 2 rings (SSSR count). The van der Waals surface area contributed by atoms with E-state index in [2.05, 4.69) is 55.2 Å². The van der Waals surface area contributed by atoms with Crippen LogP contribution in [-0.4, -0.2) is 4.98 Å². The quantitative estimate of drug-likeness (QED) is 0.739. The third-order valence-corrected chi connectivity index (χ3v) is 3.08. The minimum Gasteiger partial charge on any atom is -0.265 e. The predicted molar refractivity (Wildman–Crippen MR) is 68.4 cm³/mol. The molecular weight excluding hydrogens is 194 g/mol. The Morgan fingerprint density at radius 1 is 1.06 bits per heavy atom. The molecule has 0 saturated carbocycles. The highest BCUT2D eigenvalue weighted by molar-refractivity contribution is 5.63. The summed E-state index contributed by atoms with van der Waals surface area (Å²) in [6.07, 6.45) is 4.86. The van der Waals surface area contributed by atoms with Crippen molar-refractivity contribution in [2.75, 3.05) is 0 Å². The zero-order valence-electron chi connectivity index (χ0n) is 9.85. The topological polar surface area (TPSA) is 12.9 Å². The Kier molecular flexibility index (Phi) is 3.35. The van der Waals surface area contributed by atoms with Gasteiger partial charge in [0.25, 0.3) is 0 Å². The predicted octanol–water partition coefficient (Wildman–Crippen LogP) is 4.26. The maximum atomic E-state index is 4.04. The van der Waals surface area contributed by atoms with Crippen LogP contribution in [0.1, 0.15) is 31.7 Å². The number of pyridine rings is 1. The van der Waals surface area contributed by atoms with Crippen LogP contribution in [-0.2, 0) is 0 Å². The molecule has 1 heterocycles. The van der Waals surface area contributed by atoms with E-state index in [1.54, 1.807) is 0 Å². The Morgan fingerprint density at radius 2 is 1.81 bits per heavy atom. The molecule has 1 aromatic heterocycles. The SMILES string of the molecule is CCC(C)c1cccc(-c2ccncc2)c1. The maximum Gasteiger partial charge on any atom is 0.0273 e. The van der Waals surface area contributed by atoms with Crippen LogP contribution in [0.25, 0.3) is 11.1 Å². The molecular formula is C15H17N. The lowest BCUT2D eigenvalue weighted by atomic mass is 9.95. The molecule has 0 amide bonds.